The average molecular weight is 749 g/mol. The van der Waals surface area contributed by atoms with E-state index in [1.165, 1.54) is 38.1 Å². The Morgan fingerprint density at radius 2 is 0.914 bits per heavy atom. The van der Waals surface area contributed by atoms with Gasteiger partial charge in [-0.3, -0.25) is 4.40 Å². The van der Waals surface area contributed by atoms with E-state index in [-0.39, 0.29) is 10.8 Å². The first-order chi connectivity index (χ1) is 28.0. The lowest BCUT2D eigenvalue weighted by atomic mass is 9.83. The Morgan fingerprint density at radius 1 is 0.397 bits per heavy atom. The molecular weight excluding hydrogens is 705 g/mol. The fourth-order valence-electron chi connectivity index (χ4n) is 8.94. The van der Waals surface area contributed by atoms with Gasteiger partial charge in [0.2, 0.25) is 0 Å². The summed E-state index contributed by atoms with van der Waals surface area (Å²) in [6, 6.07) is 55.6. The van der Waals surface area contributed by atoms with Crippen LogP contribution >= 0.6 is 0 Å². The molecule has 4 heteroatoms. The van der Waals surface area contributed by atoms with E-state index >= 15 is 0 Å². The Hall–Kier alpha value is -6.78. The Kier molecular flexibility index (Phi) is 7.34. The molecule has 5 heterocycles. The smallest absolute Gasteiger partial charge is 0.138 e. The van der Waals surface area contributed by atoms with Crippen LogP contribution in [0.5, 0.6) is 0 Å². The Labute approximate surface area is 337 Å². The molecule has 4 nitrogen and oxygen atoms in total. The molecule has 0 unspecified atom stereocenters. The normalized spacial score (nSPS) is 12.7. The van der Waals surface area contributed by atoms with Gasteiger partial charge in [-0.25, -0.2) is 9.97 Å². The Bertz CT molecular complexity index is 3500. The highest BCUT2D eigenvalue weighted by Crippen LogP contribution is 2.41. The first-order valence-corrected chi connectivity index (χ1v) is 20.3. The highest BCUT2D eigenvalue weighted by molar-refractivity contribution is 6.22. The van der Waals surface area contributed by atoms with Crippen LogP contribution in [0.25, 0.3) is 104 Å². The molecule has 0 aliphatic rings. The number of aromatic amines is 1. The van der Waals surface area contributed by atoms with Gasteiger partial charge < -0.3 is 4.98 Å². The number of pyridine rings is 2. The average Bonchev–Trinajstić information content (AvgIpc) is 3.78. The zero-order valence-electron chi connectivity index (χ0n) is 33.8. The van der Waals surface area contributed by atoms with Gasteiger partial charge in [0.1, 0.15) is 5.65 Å². The van der Waals surface area contributed by atoms with E-state index in [2.05, 4.69) is 203 Å². The van der Waals surface area contributed by atoms with E-state index < -0.39 is 0 Å². The van der Waals surface area contributed by atoms with E-state index in [1.54, 1.807) is 0 Å². The van der Waals surface area contributed by atoms with Gasteiger partial charge in [0.05, 0.1) is 38.6 Å². The van der Waals surface area contributed by atoms with Crippen LogP contribution in [0, 0.1) is 0 Å². The molecule has 58 heavy (non-hydrogen) atoms. The van der Waals surface area contributed by atoms with Gasteiger partial charge in [0.15, 0.2) is 0 Å². The molecular formula is C54H44N4. The molecule has 0 saturated carbocycles. The summed E-state index contributed by atoms with van der Waals surface area (Å²) in [7, 11) is 0. The van der Waals surface area contributed by atoms with Crippen molar-refractivity contribution < 1.29 is 0 Å². The zero-order chi connectivity index (χ0) is 39.5. The Balaban J connectivity index is 1.47. The minimum atomic E-state index is -0.101. The van der Waals surface area contributed by atoms with Crippen molar-refractivity contribution in [2.24, 2.45) is 0 Å². The van der Waals surface area contributed by atoms with Crippen LogP contribution < -0.4 is 0 Å². The summed E-state index contributed by atoms with van der Waals surface area (Å²) in [5, 5.41) is 8.28. The third-order valence-electron chi connectivity index (χ3n) is 12.2. The summed E-state index contributed by atoms with van der Waals surface area (Å²) < 4.78 is 2.36. The van der Waals surface area contributed by atoms with Crippen LogP contribution in [-0.4, -0.2) is 19.4 Å². The van der Waals surface area contributed by atoms with Crippen LogP contribution in [0.2, 0.25) is 0 Å². The Morgan fingerprint density at radius 3 is 1.57 bits per heavy atom. The molecule has 0 amide bonds. The van der Waals surface area contributed by atoms with Crippen molar-refractivity contribution in [3.8, 4) is 22.3 Å². The number of hydrogen-bond acceptors (Lipinski definition) is 2. The molecule has 0 fully saturated rings. The quantitative estimate of drug-likeness (QED) is 0.191. The van der Waals surface area contributed by atoms with Gasteiger partial charge >= 0.3 is 0 Å². The van der Waals surface area contributed by atoms with Crippen LogP contribution in [0.4, 0.5) is 0 Å². The second kappa shape index (κ2) is 12.4. The monoisotopic (exact) mass is 748 g/mol. The maximum Gasteiger partial charge on any atom is 0.138 e. The second-order valence-corrected chi connectivity index (χ2v) is 18.1. The summed E-state index contributed by atoms with van der Waals surface area (Å²) in [6.07, 6.45) is 0. The predicted octanol–water partition coefficient (Wildman–Crippen LogP) is 14.6. The van der Waals surface area contributed by atoms with Gasteiger partial charge in [0, 0.05) is 32.3 Å². The molecule has 0 saturated heterocycles. The number of hydrogen-bond donors (Lipinski definition) is 1. The number of para-hydroxylation sites is 1. The molecule has 8 bridgehead atoms. The van der Waals surface area contributed by atoms with Gasteiger partial charge in [-0.15, -0.1) is 0 Å². The summed E-state index contributed by atoms with van der Waals surface area (Å²) in [5.74, 6) is 0. The van der Waals surface area contributed by atoms with Crippen LogP contribution in [-0.2, 0) is 10.8 Å². The van der Waals surface area contributed by atoms with Crippen molar-refractivity contribution in [3.63, 3.8) is 0 Å². The van der Waals surface area contributed by atoms with Crippen molar-refractivity contribution in [3.05, 3.63) is 163 Å². The molecule has 11 rings (SSSR count). The zero-order valence-corrected chi connectivity index (χ0v) is 33.8. The van der Waals surface area contributed by atoms with E-state index in [4.69, 9.17) is 9.97 Å². The highest BCUT2D eigenvalue weighted by atomic mass is 15.0. The number of H-pyrrole nitrogens is 1. The topological polar surface area (TPSA) is 46.0 Å². The SMILES string of the molecule is CC(C)(C)c1cc2c3ccc4c5ccccc5n(c5cc(-c6ccccc6)cc(n5)c5cc(-c6ccccc6)cc(n5)c5cc(C(C)(C)C)cc6c(c1)c2[nH]c56)c4c3. The lowest BCUT2D eigenvalue weighted by molar-refractivity contribution is 0.591. The molecule has 280 valence electrons. The first kappa shape index (κ1) is 34.5. The fourth-order valence-corrected chi connectivity index (χ4v) is 8.94. The molecule has 6 aromatic carbocycles. The van der Waals surface area contributed by atoms with E-state index in [0.717, 1.165) is 77.3 Å². The lowest BCUT2D eigenvalue weighted by Gasteiger charge is -2.21. The number of fused-ring (bicyclic) bond motifs is 13. The summed E-state index contributed by atoms with van der Waals surface area (Å²) in [4.78, 5) is 15.2. The van der Waals surface area contributed by atoms with E-state index in [9.17, 15) is 0 Å². The van der Waals surface area contributed by atoms with Gasteiger partial charge in [0.25, 0.3) is 0 Å². The number of nitrogens with one attached hydrogen (secondary N) is 1. The van der Waals surface area contributed by atoms with Crippen molar-refractivity contribution in [1.82, 2.24) is 19.4 Å². The molecule has 1 N–H and O–H groups in total. The van der Waals surface area contributed by atoms with Gasteiger partial charge in [-0.2, -0.15) is 0 Å². The fraction of sp³-hybridized carbons (Fsp3) is 0.148. The number of nitrogens with zero attached hydrogens (tertiary/aromatic N) is 3. The molecule has 0 radical (unpaired) electrons. The highest BCUT2D eigenvalue weighted by Gasteiger charge is 2.22. The minimum Gasteiger partial charge on any atom is -0.353 e. The number of benzene rings is 6. The first-order valence-electron chi connectivity index (χ1n) is 20.3. The van der Waals surface area contributed by atoms with Crippen LogP contribution in [0.3, 0.4) is 0 Å². The molecule has 0 spiro atoms. The van der Waals surface area contributed by atoms with Gasteiger partial charge in [-0.05, 0) is 110 Å². The van der Waals surface area contributed by atoms with Crippen LogP contribution in [0.15, 0.2) is 152 Å². The van der Waals surface area contributed by atoms with Gasteiger partial charge in [-0.1, -0.05) is 133 Å². The molecule has 0 atom stereocenters. The predicted molar refractivity (Wildman–Crippen MR) is 247 cm³/mol. The standard InChI is InChI=1S/C54H44N4/c1-53(2,3)37-28-41-34-21-22-40-39-19-13-14-20-48(39)58(49(40)26-34)50-27-36(33-17-11-8-12-18-33)25-47(56-50)46-24-35(32-15-9-7-10-16-32)23-45(55-46)44-31-38(54(4,5)6)30-43-42(29-37)51(41)57-52(43)44/h7-31,57H,1-6H3. The molecule has 11 aromatic rings. The molecule has 5 aromatic heterocycles. The minimum absolute atomic E-state index is 0.0739. The lowest BCUT2D eigenvalue weighted by Crippen LogP contribution is -2.11. The number of aromatic nitrogens is 4. The maximum absolute atomic E-state index is 5.61. The summed E-state index contributed by atoms with van der Waals surface area (Å²) >= 11 is 0. The van der Waals surface area contributed by atoms with E-state index in [0.29, 0.717) is 0 Å². The third kappa shape index (κ3) is 5.43. The third-order valence-corrected chi connectivity index (χ3v) is 12.2. The van der Waals surface area contributed by atoms with E-state index in [1.807, 2.05) is 0 Å². The summed E-state index contributed by atoms with van der Waals surface area (Å²) in [6.45, 7) is 13.9. The summed E-state index contributed by atoms with van der Waals surface area (Å²) in [5.41, 5.74) is 14.7. The largest absolute Gasteiger partial charge is 0.353 e. The van der Waals surface area contributed by atoms with Crippen molar-refractivity contribution in [2.75, 3.05) is 0 Å². The number of rotatable bonds is 2. The van der Waals surface area contributed by atoms with Crippen molar-refractivity contribution in [1.29, 1.82) is 0 Å². The second-order valence-electron chi connectivity index (χ2n) is 18.1. The van der Waals surface area contributed by atoms with Crippen LogP contribution in [0.1, 0.15) is 52.7 Å². The molecule has 0 aliphatic heterocycles. The van der Waals surface area contributed by atoms with Crippen molar-refractivity contribution in [2.45, 2.75) is 52.4 Å². The van der Waals surface area contributed by atoms with Crippen molar-refractivity contribution >= 4 is 82.0 Å². The maximum atomic E-state index is 5.61. The molecule has 0 aliphatic carbocycles.